The van der Waals surface area contributed by atoms with Gasteiger partial charge in [0.15, 0.2) is 5.78 Å². The number of amides is 1. The number of ether oxygens (including phenoxy) is 1. The lowest BCUT2D eigenvalue weighted by molar-refractivity contribution is -0.126. The molecular formula is C22H23N5O6S. The van der Waals surface area contributed by atoms with E-state index < -0.39 is 27.8 Å². The molecule has 0 radical (unpaired) electrons. The quantitative estimate of drug-likeness (QED) is 0.345. The topological polar surface area (TPSA) is 152 Å². The Labute approximate surface area is 196 Å². The summed E-state index contributed by atoms with van der Waals surface area (Å²) in [6.45, 7) is 4.60. The molecule has 1 aromatic heterocycles. The van der Waals surface area contributed by atoms with Crippen molar-refractivity contribution in [2.75, 3.05) is 17.1 Å². The zero-order valence-corrected chi connectivity index (χ0v) is 19.7. The summed E-state index contributed by atoms with van der Waals surface area (Å²) in [5, 5.41) is 14.1. The van der Waals surface area contributed by atoms with Crippen molar-refractivity contribution in [3.8, 4) is 5.75 Å². The van der Waals surface area contributed by atoms with Gasteiger partial charge in [-0.05, 0) is 57.2 Å². The van der Waals surface area contributed by atoms with Crippen LogP contribution in [0.5, 0.6) is 5.75 Å². The fourth-order valence-electron chi connectivity index (χ4n) is 2.78. The number of carbonyl (C=O) groups is 2. The molecule has 1 heterocycles. The highest BCUT2D eigenvalue weighted by Gasteiger charge is 2.24. The lowest BCUT2D eigenvalue weighted by Gasteiger charge is -2.12. The number of hydrogen-bond donors (Lipinski definition) is 2. The predicted molar refractivity (Wildman–Crippen MR) is 124 cm³/mol. The molecule has 3 aromatic rings. The first-order valence-corrected chi connectivity index (χ1v) is 11.5. The van der Waals surface area contributed by atoms with Crippen LogP contribution in [0.3, 0.4) is 0 Å². The Morgan fingerprint density at radius 3 is 2.35 bits per heavy atom. The van der Waals surface area contributed by atoms with Crippen molar-refractivity contribution in [1.29, 1.82) is 0 Å². The average molecular weight is 486 g/mol. The molecule has 0 fully saturated rings. The molecule has 0 unspecified atom stereocenters. The fourth-order valence-corrected chi connectivity index (χ4v) is 3.82. The maximum atomic E-state index is 12.6. The second-order valence-corrected chi connectivity index (χ2v) is 8.92. The number of aryl methyl sites for hydroxylation is 1. The molecular weight excluding hydrogens is 462 g/mol. The second kappa shape index (κ2) is 10.3. The molecule has 0 saturated heterocycles. The van der Waals surface area contributed by atoms with Crippen LogP contribution in [-0.4, -0.2) is 38.4 Å². The first kappa shape index (κ1) is 24.6. The molecule has 0 aliphatic rings. The van der Waals surface area contributed by atoms with Crippen molar-refractivity contribution in [2.24, 2.45) is 10.2 Å². The molecule has 2 N–H and O–H groups in total. The standard InChI is InChI=1S/C22H23N5O6S/c1-13-14(2)26-33-22(13)27-34(30,31)17-11-9-16(10-12-17)24-25-20(15(3)28)21(29)23-18-7-5-6-8-19(18)32-4/h5-12,20,27H,1-4H3,(H,23,29)/t20-/m0/s1. The molecule has 0 aliphatic carbocycles. The lowest BCUT2D eigenvalue weighted by Crippen LogP contribution is -2.31. The number of nitrogens with zero attached hydrogens (tertiary/aromatic N) is 3. The molecule has 2 aromatic carbocycles. The van der Waals surface area contributed by atoms with Crippen LogP contribution in [0.15, 0.2) is 68.2 Å². The van der Waals surface area contributed by atoms with Gasteiger partial charge in [-0.15, -0.1) is 0 Å². The van der Waals surface area contributed by atoms with Gasteiger partial charge >= 0.3 is 0 Å². The molecule has 1 amide bonds. The molecule has 0 aliphatic heterocycles. The van der Waals surface area contributed by atoms with E-state index in [1.165, 1.54) is 38.3 Å². The SMILES string of the molecule is COc1ccccc1NC(=O)[C@@H](N=Nc1ccc(S(=O)(=O)Nc2onc(C)c2C)cc1)C(C)=O. The highest BCUT2D eigenvalue weighted by atomic mass is 32.2. The van der Waals surface area contributed by atoms with Crippen LogP contribution in [0.4, 0.5) is 17.3 Å². The van der Waals surface area contributed by atoms with Gasteiger partial charge in [0.2, 0.25) is 11.9 Å². The third kappa shape index (κ3) is 5.64. The minimum Gasteiger partial charge on any atom is -0.495 e. The van der Waals surface area contributed by atoms with E-state index in [9.17, 15) is 18.0 Å². The first-order chi connectivity index (χ1) is 16.1. The number of benzene rings is 2. The van der Waals surface area contributed by atoms with Crippen molar-refractivity contribution in [3.63, 3.8) is 0 Å². The third-order valence-electron chi connectivity index (χ3n) is 4.82. The third-order valence-corrected chi connectivity index (χ3v) is 6.17. The Hall–Kier alpha value is -4.06. The lowest BCUT2D eigenvalue weighted by atomic mass is 10.2. The van der Waals surface area contributed by atoms with Crippen LogP contribution in [0.25, 0.3) is 0 Å². The van der Waals surface area contributed by atoms with E-state index in [-0.39, 0.29) is 16.5 Å². The smallest absolute Gasteiger partial charge is 0.264 e. The van der Waals surface area contributed by atoms with Crippen LogP contribution < -0.4 is 14.8 Å². The maximum Gasteiger partial charge on any atom is 0.264 e. The van der Waals surface area contributed by atoms with Crippen LogP contribution in [0.2, 0.25) is 0 Å². The molecule has 12 heteroatoms. The number of hydrogen-bond acceptors (Lipinski definition) is 9. The molecule has 1 atom stereocenters. The minimum atomic E-state index is -3.92. The van der Waals surface area contributed by atoms with Crippen molar-refractivity contribution in [2.45, 2.75) is 31.7 Å². The predicted octanol–water partition coefficient (Wildman–Crippen LogP) is 3.78. The summed E-state index contributed by atoms with van der Waals surface area (Å²) in [5.41, 5.74) is 1.79. The van der Waals surface area contributed by atoms with Crippen LogP contribution >= 0.6 is 0 Å². The number of para-hydroxylation sites is 2. The van der Waals surface area contributed by atoms with Crippen LogP contribution in [0.1, 0.15) is 18.2 Å². The summed E-state index contributed by atoms with van der Waals surface area (Å²) < 4.78 is 37.7. The van der Waals surface area contributed by atoms with E-state index in [1.807, 2.05) is 0 Å². The van der Waals surface area contributed by atoms with E-state index in [4.69, 9.17) is 9.26 Å². The molecule has 0 saturated carbocycles. The molecule has 178 valence electrons. The van der Waals surface area contributed by atoms with Gasteiger partial charge in [-0.2, -0.15) is 10.2 Å². The highest BCUT2D eigenvalue weighted by Crippen LogP contribution is 2.25. The number of Topliss-reactive ketones (excluding diaryl/α,β-unsaturated/α-hetero) is 1. The van der Waals surface area contributed by atoms with E-state index in [0.29, 0.717) is 22.7 Å². The normalized spacial score (nSPS) is 12.4. The second-order valence-electron chi connectivity index (χ2n) is 7.24. The zero-order valence-electron chi connectivity index (χ0n) is 18.9. The fraction of sp³-hybridized carbons (Fsp3) is 0.227. The van der Waals surface area contributed by atoms with E-state index in [1.54, 1.807) is 38.1 Å². The number of rotatable bonds is 9. The first-order valence-electron chi connectivity index (χ1n) is 10.0. The Kier molecular flexibility index (Phi) is 7.41. The Balaban J connectivity index is 1.73. The number of ketones is 1. The number of methoxy groups -OCH3 is 1. The van der Waals surface area contributed by atoms with Crippen LogP contribution in [-0.2, 0) is 19.6 Å². The van der Waals surface area contributed by atoms with Gasteiger partial charge in [-0.25, -0.2) is 13.1 Å². The Morgan fingerprint density at radius 2 is 1.76 bits per heavy atom. The summed E-state index contributed by atoms with van der Waals surface area (Å²) in [6.07, 6.45) is 0. The van der Waals surface area contributed by atoms with Gasteiger partial charge in [0.1, 0.15) is 5.75 Å². The number of nitrogens with one attached hydrogen (secondary N) is 2. The van der Waals surface area contributed by atoms with E-state index >= 15 is 0 Å². The van der Waals surface area contributed by atoms with Crippen molar-refractivity contribution < 1.29 is 27.3 Å². The monoisotopic (exact) mass is 485 g/mol. The van der Waals surface area contributed by atoms with Gasteiger partial charge in [-0.3, -0.25) is 9.59 Å². The summed E-state index contributed by atoms with van der Waals surface area (Å²) >= 11 is 0. The molecule has 11 nitrogen and oxygen atoms in total. The average Bonchev–Trinajstić information content (AvgIpc) is 3.11. The molecule has 0 bridgehead atoms. The Morgan fingerprint density at radius 1 is 1.09 bits per heavy atom. The number of azo groups is 1. The molecule has 3 rings (SSSR count). The largest absolute Gasteiger partial charge is 0.495 e. The summed E-state index contributed by atoms with van der Waals surface area (Å²) in [6, 6.07) is 10.8. The highest BCUT2D eigenvalue weighted by molar-refractivity contribution is 7.92. The number of sulfonamides is 1. The number of carbonyl (C=O) groups excluding carboxylic acids is 2. The van der Waals surface area contributed by atoms with E-state index in [0.717, 1.165) is 0 Å². The number of aromatic nitrogens is 1. The maximum absolute atomic E-state index is 12.6. The summed E-state index contributed by atoms with van der Waals surface area (Å²) in [7, 11) is -2.47. The van der Waals surface area contributed by atoms with Gasteiger partial charge in [-0.1, -0.05) is 17.3 Å². The van der Waals surface area contributed by atoms with Gasteiger partial charge < -0.3 is 14.6 Å². The molecule has 0 spiro atoms. The van der Waals surface area contributed by atoms with Gasteiger partial charge in [0.25, 0.3) is 15.9 Å². The van der Waals surface area contributed by atoms with E-state index in [2.05, 4.69) is 25.4 Å². The van der Waals surface area contributed by atoms with Gasteiger partial charge in [0, 0.05) is 5.56 Å². The van der Waals surface area contributed by atoms with Crippen molar-refractivity contribution in [1.82, 2.24) is 5.16 Å². The Bertz CT molecular complexity index is 1330. The summed E-state index contributed by atoms with van der Waals surface area (Å²) in [4.78, 5) is 24.5. The molecule has 34 heavy (non-hydrogen) atoms. The van der Waals surface area contributed by atoms with Crippen LogP contribution in [0, 0.1) is 13.8 Å². The summed E-state index contributed by atoms with van der Waals surface area (Å²) in [5.74, 6) is -0.734. The van der Waals surface area contributed by atoms with Gasteiger partial charge in [0.05, 0.1) is 29.1 Å². The zero-order chi connectivity index (χ0) is 24.9. The minimum absolute atomic E-state index is 0.0339. The number of anilines is 2. The van der Waals surface area contributed by atoms with Crippen molar-refractivity contribution in [3.05, 3.63) is 59.8 Å². The van der Waals surface area contributed by atoms with Crippen molar-refractivity contribution >= 4 is 39.0 Å².